The van der Waals surface area contributed by atoms with Crippen molar-refractivity contribution in [1.29, 1.82) is 0 Å². The average molecular weight is 402 g/mol. The van der Waals surface area contributed by atoms with E-state index < -0.39 is 0 Å². The van der Waals surface area contributed by atoms with Crippen molar-refractivity contribution in [3.8, 4) is 0 Å². The number of amidine groups is 2. The Morgan fingerprint density at radius 3 is 2.39 bits per heavy atom. The number of hydrogen-bond donors (Lipinski definition) is 2. The Balaban J connectivity index is 0.00000484. The van der Waals surface area contributed by atoms with Gasteiger partial charge in [-0.05, 0) is 30.5 Å². The molecule has 2 N–H and O–H groups in total. The first-order chi connectivity index (χ1) is 10.5. The number of nitrogens with one attached hydrogen (secondary N) is 2. The fraction of sp³-hybridized carbons (Fsp3) is 0.385. The second kappa shape index (κ2) is 11.2. The van der Waals surface area contributed by atoms with Crippen molar-refractivity contribution >= 4 is 46.1 Å². The average Bonchev–Trinajstić information content (AvgIpc) is 2.94. The molecule has 1 aromatic rings. The van der Waals surface area contributed by atoms with E-state index in [1.54, 1.807) is 14.1 Å². The topological polar surface area (TPSA) is 78.4 Å². The van der Waals surface area contributed by atoms with Crippen molar-refractivity contribution in [2.75, 3.05) is 20.4 Å². The van der Waals surface area contributed by atoms with Crippen LogP contribution < -0.4 is 10.9 Å². The summed E-state index contributed by atoms with van der Waals surface area (Å²) in [5, 5.41) is 9.68. The summed E-state index contributed by atoms with van der Waals surface area (Å²) < 4.78 is 1.95. The monoisotopic (exact) mass is 401 g/mol. The number of nitrogens with zero attached hydrogens (tertiary/aromatic N) is 5. The third-order valence-electron chi connectivity index (χ3n) is 2.71. The van der Waals surface area contributed by atoms with E-state index in [1.807, 2.05) is 43.1 Å². The first-order valence-electron chi connectivity index (χ1n) is 6.44. The minimum Gasteiger partial charge on any atom is -0.741 e. The van der Waals surface area contributed by atoms with Crippen LogP contribution in [0.3, 0.4) is 0 Å². The number of thioether (sulfide) groups is 1. The van der Waals surface area contributed by atoms with E-state index in [2.05, 4.69) is 31.0 Å². The molecule has 1 rings (SSSR count). The molecule has 0 aliphatic rings. The molecule has 1 heterocycles. The summed E-state index contributed by atoms with van der Waals surface area (Å²) in [4.78, 5) is 7.92. The van der Waals surface area contributed by atoms with Gasteiger partial charge in [0.2, 0.25) is 0 Å². The number of aromatic nitrogens is 1. The molecule has 0 bridgehead atoms. The Bertz CT molecular complexity index is 620. The van der Waals surface area contributed by atoms with Gasteiger partial charge >= 0.3 is 17.1 Å². The zero-order chi connectivity index (χ0) is 16.5. The molecular weight excluding hydrogens is 382 g/mol. The minimum atomic E-state index is 0. The van der Waals surface area contributed by atoms with E-state index in [1.165, 1.54) is 11.8 Å². The maximum absolute atomic E-state index is 5.00. The molecule has 0 aliphatic heterocycles. The molecule has 0 spiro atoms. The van der Waals surface area contributed by atoms with Crippen molar-refractivity contribution < 1.29 is 17.1 Å². The van der Waals surface area contributed by atoms with Crippen LogP contribution in [0.15, 0.2) is 38.5 Å². The van der Waals surface area contributed by atoms with Crippen LogP contribution in [0, 0.1) is 0 Å². The van der Waals surface area contributed by atoms with Crippen LogP contribution in [0.4, 0.5) is 0 Å². The van der Waals surface area contributed by atoms with Crippen molar-refractivity contribution in [2.24, 2.45) is 27.2 Å². The Labute approximate surface area is 157 Å². The predicted molar refractivity (Wildman–Crippen MR) is 98.9 cm³/mol. The zero-order valence-corrected chi connectivity index (χ0v) is 16.2. The number of hydrazone groups is 2. The van der Waals surface area contributed by atoms with Gasteiger partial charge in [-0.3, -0.25) is 20.8 Å². The largest absolute Gasteiger partial charge is 1.00 e. The Kier molecular flexibility index (Phi) is 10.6. The quantitative estimate of drug-likeness (QED) is 0.261. The molecule has 0 atom stereocenters. The second-order valence-corrected chi connectivity index (χ2v) is 5.33. The Morgan fingerprint density at radius 1 is 1.22 bits per heavy atom. The van der Waals surface area contributed by atoms with Crippen LogP contribution in [-0.2, 0) is 36.7 Å². The number of hydrogen-bond acceptors (Lipinski definition) is 6. The zero-order valence-electron chi connectivity index (χ0n) is 13.6. The fourth-order valence-electron chi connectivity index (χ4n) is 1.56. The van der Waals surface area contributed by atoms with Crippen LogP contribution in [0.5, 0.6) is 0 Å². The van der Waals surface area contributed by atoms with Gasteiger partial charge in [0, 0.05) is 27.3 Å². The van der Waals surface area contributed by atoms with Gasteiger partial charge in [-0.2, -0.15) is 10.2 Å². The Morgan fingerprint density at radius 2 is 1.91 bits per heavy atom. The Hall–Kier alpha value is -1.35. The molecule has 7 nitrogen and oxygen atoms in total. The summed E-state index contributed by atoms with van der Waals surface area (Å²) >= 11 is 6.48. The molecule has 0 radical (unpaired) electrons. The summed E-state index contributed by atoms with van der Waals surface area (Å²) in [5.74, 6) is 0. The molecule has 0 saturated heterocycles. The van der Waals surface area contributed by atoms with E-state index >= 15 is 0 Å². The molecule has 0 fully saturated rings. The summed E-state index contributed by atoms with van der Waals surface area (Å²) in [7, 11) is 5.26. The molecule has 130 valence electrons. The van der Waals surface area contributed by atoms with Gasteiger partial charge in [-0.1, -0.05) is 11.8 Å². The van der Waals surface area contributed by atoms with E-state index in [9.17, 15) is 0 Å². The maximum atomic E-state index is 5.00. The summed E-state index contributed by atoms with van der Waals surface area (Å²) in [5.41, 5.74) is 7.93. The SMILES string of the molecule is CN=C([S-])N/N=C(/C(C)=N/NC(=NC)SC)c1cccn1C.[Cu+]. The summed E-state index contributed by atoms with van der Waals surface area (Å²) in [6.45, 7) is 1.86. The predicted octanol–water partition coefficient (Wildman–Crippen LogP) is 1.16. The first-order valence-corrected chi connectivity index (χ1v) is 8.07. The fourth-order valence-corrected chi connectivity index (χ4v) is 1.92. The van der Waals surface area contributed by atoms with Crippen LogP contribution in [0.25, 0.3) is 0 Å². The van der Waals surface area contributed by atoms with Gasteiger partial charge < -0.3 is 17.2 Å². The van der Waals surface area contributed by atoms with Crippen molar-refractivity contribution in [3.05, 3.63) is 24.0 Å². The van der Waals surface area contributed by atoms with Gasteiger partial charge in [0.15, 0.2) is 5.17 Å². The van der Waals surface area contributed by atoms with Gasteiger partial charge in [-0.15, -0.1) is 0 Å². The van der Waals surface area contributed by atoms with Gasteiger partial charge in [0.1, 0.15) is 5.71 Å². The number of aryl methyl sites for hydroxylation is 1. The third kappa shape index (κ3) is 6.74. The maximum Gasteiger partial charge on any atom is 1.00 e. The van der Waals surface area contributed by atoms with Gasteiger partial charge in [-0.25, -0.2) is 0 Å². The van der Waals surface area contributed by atoms with Crippen LogP contribution >= 0.6 is 11.8 Å². The molecule has 0 aliphatic carbocycles. The second-order valence-electron chi connectivity index (χ2n) is 4.15. The van der Waals surface area contributed by atoms with Crippen LogP contribution in [0.2, 0.25) is 0 Å². The van der Waals surface area contributed by atoms with E-state index in [0.29, 0.717) is 16.6 Å². The standard InChI is InChI=1S/C13H21N7S2.Cu/c1-9(16-19-13(15-3)22-5)11(17-18-12(21)14-2)10-7-6-8-20(10)4;/h6-8H,1-5H3,(H,15,19)(H2,14,18,21);/q;+1/p-1/b16-9+,17-11-;. The van der Waals surface area contributed by atoms with E-state index in [0.717, 1.165) is 10.9 Å². The number of rotatable bonds is 4. The van der Waals surface area contributed by atoms with Crippen LogP contribution in [-0.4, -0.2) is 46.7 Å². The van der Waals surface area contributed by atoms with E-state index in [4.69, 9.17) is 12.6 Å². The molecule has 0 amide bonds. The molecule has 0 aromatic carbocycles. The van der Waals surface area contributed by atoms with Crippen molar-refractivity contribution in [1.82, 2.24) is 15.4 Å². The normalized spacial score (nSPS) is 13.6. The summed E-state index contributed by atoms with van der Waals surface area (Å²) in [6.07, 6.45) is 3.87. The summed E-state index contributed by atoms with van der Waals surface area (Å²) in [6, 6.07) is 3.89. The van der Waals surface area contributed by atoms with Crippen molar-refractivity contribution in [3.63, 3.8) is 0 Å². The molecule has 0 saturated carbocycles. The van der Waals surface area contributed by atoms with Gasteiger partial charge in [0.05, 0.1) is 11.4 Å². The third-order valence-corrected chi connectivity index (χ3v) is 3.65. The molecule has 1 aromatic heterocycles. The minimum absolute atomic E-state index is 0. The number of aliphatic imine (C=N–C) groups is 2. The first kappa shape index (κ1) is 21.6. The molecule has 10 heteroatoms. The van der Waals surface area contributed by atoms with Crippen molar-refractivity contribution in [2.45, 2.75) is 6.92 Å². The molecule has 0 unspecified atom stereocenters. The van der Waals surface area contributed by atoms with Gasteiger partial charge in [0.25, 0.3) is 0 Å². The van der Waals surface area contributed by atoms with E-state index in [-0.39, 0.29) is 17.1 Å². The van der Waals surface area contributed by atoms with Crippen LogP contribution in [0.1, 0.15) is 12.6 Å². The molecule has 23 heavy (non-hydrogen) atoms. The smallest absolute Gasteiger partial charge is 0.741 e. The molecular formula is C13H20CuN7S2.